The van der Waals surface area contributed by atoms with Crippen LogP contribution in [-0.2, 0) is 11.3 Å². The number of nitrogens with zero attached hydrogens (tertiary/aromatic N) is 1. The van der Waals surface area contributed by atoms with Gasteiger partial charge in [0.05, 0.1) is 6.10 Å². The molecule has 0 radical (unpaired) electrons. The van der Waals surface area contributed by atoms with Crippen molar-refractivity contribution in [3.05, 3.63) is 35.6 Å². The van der Waals surface area contributed by atoms with Gasteiger partial charge >= 0.3 is 0 Å². The molecule has 0 aliphatic carbocycles. The summed E-state index contributed by atoms with van der Waals surface area (Å²) in [6.45, 7) is 3.64. The van der Waals surface area contributed by atoms with Crippen molar-refractivity contribution in [1.82, 2.24) is 4.90 Å². The molecule has 100 valence electrons. The molecule has 3 nitrogen and oxygen atoms in total. The van der Waals surface area contributed by atoms with Crippen molar-refractivity contribution >= 4 is 0 Å². The molecule has 1 atom stereocenters. The van der Waals surface area contributed by atoms with Crippen molar-refractivity contribution in [3.63, 3.8) is 0 Å². The Morgan fingerprint density at radius 3 is 2.89 bits per heavy atom. The molecule has 0 saturated carbocycles. The van der Waals surface area contributed by atoms with E-state index in [1.54, 1.807) is 6.07 Å². The molecule has 1 aliphatic heterocycles. The molecule has 0 spiro atoms. The van der Waals surface area contributed by atoms with Gasteiger partial charge < -0.3 is 10.5 Å². The first-order valence-electron chi connectivity index (χ1n) is 6.57. The third kappa shape index (κ3) is 3.77. The van der Waals surface area contributed by atoms with Gasteiger partial charge in [0.15, 0.2) is 0 Å². The van der Waals surface area contributed by atoms with Crippen LogP contribution < -0.4 is 5.73 Å². The molecule has 1 unspecified atom stereocenters. The van der Waals surface area contributed by atoms with Crippen molar-refractivity contribution < 1.29 is 9.13 Å². The van der Waals surface area contributed by atoms with Crippen LogP contribution in [0.5, 0.6) is 0 Å². The van der Waals surface area contributed by atoms with Crippen LogP contribution in [-0.4, -0.2) is 37.2 Å². The van der Waals surface area contributed by atoms with E-state index in [-0.39, 0.29) is 11.9 Å². The molecule has 18 heavy (non-hydrogen) atoms. The van der Waals surface area contributed by atoms with Gasteiger partial charge in [-0.05, 0) is 18.9 Å². The number of ether oxygens (including phenoxy) is 1. The maximum atomic E-state index is 13.6. The minimum absolute atomic E-state index is 0.146. The van der Waals surface area contributed by atoms with Gasteiger partial charge in [0.25, 0.3) is 0 Å². The SMILES string of the molecule is NCCN(Cc1ccccc1F)CC1CCCO1. The van der Waals surface area contributed by atoms with Gasteiger partial charge in [-0.25, -0.2) is 4.39 Å². The van der Waals surface area contributed by atoms with Gasteiger partial charge in [0.2, 0.25) is 0 Å². The minimum Gasteiger partial charge on any atom is -0.377 e. The lowest BCUT2D eigenvalue weighted by Gasteiger charge is -2.24. The Morgan fingerprint density at radius 1 is 1.39 bits per heavy atom. The summed E-state index contributed by atoms with van der Waals surface area (Å²) in [4.78, 5) is 2.17. The van der Waals surface area contributed by atoms with Crippen LogP contribution in [0.1, 0.15) is 18.4 Å². The highest BCUT2D eigenvalue weighted by molar-refractivity contribution is 5.17. The first-order valence-corrected chi connectivity index (χ1v) is 6.57. The van der Waals surface area contributed by atoms with E-state index in [4.69, 9.17) is 10.5 Å². The van der Waals surface area contributed by atoms with E-state index in [1.807, 2.05) is 12.1 Å². The average molecular weight is 252 g/mol. The summed E-state index contributed by atoms with van der Waals surface area (Å²) in [5, 5.41) is 0. The number of benzene rings is 1. The van der Waals surface area contributed by atoms with E-state index < -0.39 is 0 Å². The molecule has 0 aromatic heterocycles. The fourth-order valence-electron chi connectivity index (χ4n) is 2.36. The van der Waals surface area contributed by atoms with Crippen LogP contribution in [0.2, 0.25) is 0 Å². The third-order valence-corrected chi connectivity index (χ3v) is 3.28. The number of hydrogen-bond donors (Lipinski definition) is 1. The molecule has 2 rings (SSSR count). The standard InChI is InChI=1S/C14H21FN2O/c15-14-6-2-1-4-12(14)10-17(8-7-16)11-13-5-3-9-18-13/h1-2,4,6,13H,3,5,7-11,16H2. The Balaban J connectivity index is 1.94. The van der Waals surface area contributed by atoms with Gasteiger partial charge in [0, 0.05) is 38.3 Å². The molecule has 4 heteroatoms. The average Bonchev–Trinajstić information content (AvgIpc) is 2.85. The summed E-state index contributed by atoms with van der Waals surface area (Å²) >= 11 is 0. The van der Waals surface area contributed by atoms with Crippen molar-refractivity contribution in [2.75, 3.05) is 26.2 Å². The maximum absolute atomic E-state index is 13.6. The van der Waals surface area contributed by atoms with Gasteiger partial charge in [-0.3, -0.25) is 4.90 Å². The lowest BCUT2D eigenvalue weighted by atomic mass is 10.1. The summed E-state index contributed by atoms with van der Waals surface area (Å²) in [6.07, 6.45) is 2.50. The summed E-state index contributed by atoms with van der Waals surface area (Å²) in [7, 11) is 0. The Labute approximate surface area is 108 Å². The van der Waals surface area contributed by atoms with E-state index >= 15 is 0 Å². The Morgan fingerprint density at radius 2 is 2.22 bits per heavy atom. The molecule has 0 amide bonds. The van der Waals surface area contributed by atoms with Crippen molar-refractivity contribution in [3.8, 4) is 0 Å². The molecule has 1 aromatic rings. The minimum atomic E-state index is -0.146. The summed E-state index contributed by atoms with van der Waals surface area (Å²) in [5.74, 6) is -0.146. The molecular formula is C14H21FN2O. The summed E-state index contributed by atoms with van der Waals surface area (Å²) in [5.41, 5.74) is 6.35. The highest BCUT2D eigenvalue weighted by atomic mass is 19.1. The lowest BCUT2D eigenvalue weighted by molar-refractivity contribution is 0.0713. The van der Waals surface area contributed by atoms with Crippen molar-refractivity contribution in [2.45, 2.75) is 25.5 Å². The van der Waals surface area contributed by atoms with E-state index in [0.717, 1.165) is 38.1 Å². The molecule has 1 saturated heterocycles. The van der Waals surface area contributed by atoms with Crippen LogP contribution in [0.3, 0.4) is 0 Å². The molecule has 2 N–H and O–H groups in total. The predicted octanol–water partition coefficient (Wildman–Crippen LogP) is 1.77. The first-order chi connectivity index (χ1) is 8.79. The van der Waals surface area contributed by atoms with E-state index in [0.29, 0.717) is 13.1 Å². The predicted molar refractivity (Wildman–Crippen MR) is 69.7 cm³/mol. The largest absolute Gasteiger partial charge is 0.377 e. The van der Waals surface area contributed by atoms with Crippen LogP contribution >= 0.6 is 0 Å². The number of halogens is 1. The molecule has 1 aromatic carbocycles. The van der Waals surface area contributed by atoms with Gasteiger partial charge in [0.1, 0.15) is 5.82 Å². The molecular weight excluding hydrogens is 231 g/mol. The molecule has 1 aliphatic rings. The fraction of sp³-hybridized carbons (Fsp3) is 0.571. The van der Waals surface area contributed by atoms with Crippen LogP contribution in [0, 0.1) is 5.82 Å². The van der Waals surface area contributed by atoms with Crippen LogP contribution in [0.25, 0.3) is 0 Å². The van der Waals surface area contributed by atoms with Gasteiger partial charge in [-0.2, -0.15) is 0 Å². The monoisotopic (exact) mass is 252 g/mol. The van der Waals surface area contributed by atoms with Crippen LogP contribution in [0.15, 0.2) is 24.3 Å². The zero-order valence-corrected chi connectivity index (χ0v) is 10.6. The number of hydrogen-bond acceptors (Lipinski definition) is 3. The quantitative estimate of drug-likeness (QED) is 0.838. The highest BCUT2D eigenvalue weighted by Crippen LogP contribution is 2.15. The van der Waals surface area contributed by atoms with E-state index in [1.165, 1.54) is 6.07 Å². The normalized spacial score (nSPS) is 19.6. The maximum Gasteiger partial charge on any atom is 0.127 e. The molecule has 1 heterocycles. The second-order valence-corrected chi connectivity index (χ2v) is 4.75. The Kier molecular flexibility index (Phi) is 5.11. The van der Waals surface area contributed by atoms with E-state index in [2.05, 4.69) is 4.90 Å². The van der Waals surface area contributed by atoms with Crippen molar-refractivity contribution in [2.24, 2.45) is 5.73 Å². The first kappa shape index (κ1) is 13.5. The smallest absolute Gasteiger partial charge is 0.127 e. The second-order valence-electron chi connectivity index (χ2n) is 4.75. The summed E-state index contributed by atoms with van der Waals surface area (Å²) < 4.78 is 19.2. The Bertz CT molecular complexity index is 367. The topological polar surface area (TPSA) is 38.5 Å². The number of rotatable bonds is 6. The number of nitrogens with two attached hydrogens (primary N) is 1. The zero-order chi connectivity index (χ0) is 12.8. The Hall–Kier alpha value is -0.970. The summed E-state index contributed by atoms with van der Waals surface area (Å²) in [6, 6.07) is 6.91. The third-order valence-electron chi connectivity index (χ3n) is 3.28. The van der Waals surface area contributed by atoms with Gasteiger partial charge in [-0.15, -0.1) is 0 Å². The molecule has 1 fully saturated rings. The van der Waals surface area contributed by atoms with Crippen molar-refractivity contribution in [1.29, 1.82) is 0 Å². The molecule has 0 bridgehead atoms. The lowest BCUT2D eigenvalue weighted by Crippen LogP contribution is -2.35. The fourth-order valence-corrected chi connectivity index (χ4v) is 2.36. The second kappa shape index (κ2) is 6.83. The highest BCUT2D eigenvalue weighted by Gasteiger charge is 2.19. The van der Waals surface area contributed by atoms with Crippen LogP contribution in [0.4, 0.5) is 4.39 Å². The van der Waals surface area contributed by atoms with E-state index in [9.17, 15) is 4.39 Å². The zero-order valence-electron chi connectivity index (χ0n) is 10.6. The van der Waals surface area contributed by atoms with Gasteiger partial charge in [-0.1, -0.05) is 18.2 Å².